The maximum Gasteiger partial charge on any atom is 0.271 e. The SMILES string of the molecule is O=C(N/N=C\c1cc(Cl)c(OCc2ccccc2Cl)c(Br)c1)c1cccc(Cl)c1. The molecule has 0 heterocycles. The van der Waals surface area contributed by atoms with Crippen molar-refractivity contribution in [2.45, 2.75) is 6.61 Å². The van der Waals surface area contributed by atoms with Gasteiger partial charge in [0.25, 0.3) is 5.91 Å². The summed E-state index contributed by atoms with van der Waals surface area (Å²) in [7, 11) is 0. The van der Waals surface area contributed by atoms with Gasteiger partial charge in [-0.15, -0.1) is 0 Å². The van der Waals surface area contributed by atoms with E-state index in [0.717, 1.165) is 5.56 Å². The molecular weight excluding hydrogens is 499 g/mol. The lowest BCUT2D eigenvalue weighted by Gasteiger charge is -2.12. The summed E-state index contributed by atoms with van der Waals surface area (Å²) in [6.07, 6.45) is 1.48. The van der Waals surface area contributed by atoms with Crippen LogP contribution in [0.2, 0.25) is 15.1 Å². The highest BCUT2D eigenvalue weighted by atomic mass is 79.9. The van der Waals surface area contributed by atoms with Gasteiger partial charge in [-0.25, -0.2) is 5.43 Å². The zero-order valence-electron chi connectivity index (χ0n) is 14.8. The Balaban J connectivity index is 1.66. The molecular formula is C21H14BrCl3N2O2. The van der Waals surface area contributed by atoms with Gasteiger partial charge in [0.05, 0.1) is 15.7 Å². The van der Waals surface area contributed by atoms with Crippen molar-refractivity contribution in [1.29, 1.82) is 0 Å². The predicted octanol–water partition coefficient (Wildman–Crippen LogP) is 6.75. The quantitative estimate of drug-likeness (QED) is 0.293. The monoisotopic (exact) mass is 510 g/mol. The average molecular weight is 513 g/mol. The Hall–Kier alpha value is -2.05. The first-order valence-corrected chi connectivity index (χ1v) is 10.3. The van der Waals surface area contributed by atoms with Crippen LogP contribution in [-0.4, -0.2) is 12.1 Å². The normalized spacial score (nSPS) is 10.9. The van der Waals surface area contributed by atoms with Crippen LogP contribution in [0.4, 0.5) is 0 Å². The zero-order chi connectivity index (χ0) is 20.8. The van der Waals surface area contributed by atoms with E-state index < -0.39 is 0 Å². The van der Waals surface area contributed by atoms with E-state index in [4.69, 9.17) is 39.5 Å². The summed E-state index contributed by atoms with van der Waals surface area (Å²) in [6, 6.07) is 17.5. The number of halogens is 4. The topological polar surface area (TPSA) is 50.7 Å². The van der Waals surface area contributed by atoms with Gasteiger partial charge >= 0.3 is 0 Å². The number of rotatable bonds is 6. The van der Waals surface area contributed by atoms with Gasteiger partial charge < -0.3 is 4.74 Å². The molecule has 0 saturated heterocycles. The second kappa shape index (κ2) is 10.1. The van der Waals surface area contributed by atoms with Crippen LogP contribution < -0.4 is 10.2 Å². The fourth-order valence-electron chi connectivity index (χ4n) is 2.42. The Labute approximate surface area is 191 Å². The molecule has 1 N–H and O–H groups in total. The Morgan fingerprint density at radius 1 is 1.03 bits per heavy atom. The molecule has 0 aliphatic rings. The number of benzene rings is 3. The van der Waals surface area contributed by atoms with Crippen molar-refractivity contribution in [3.05, 3.63) is 96.9 Å². The van der Waals surface area contributed by atoms with Crippen molar-refractivity contribution in [3.63, 3.8) is 0 Å². The number of carbonyl (C=O) groups is 1. The van der Waals surface area contributed by atoms with Crippen LogP contribution in [0.3, 0.4) is 0 Å². The number of ether oxygens (including phenoxy) is 1. The van der Waals surface area contributed by atoms with Crippen molar-refractivity contribution in [3.8, 4) is 5.75 Å². The van der Waals surface area contributed by atoms with Crippen LogP contribution in [0.1, 0.15) is 21.5 Å². The summed E-state index contributed by atoms with van der Waals surface area (Å²) in [6.45, 7) is 0.279. The molecule has 0 atom stereocenters. The van der Waals surface area contributed by atoms with Crippen molar-refractivity contribution in [2.75, 3.05) is 0 Å². The van der Waals surface area contributed by atoms with E-state index in [1.54, 1.807) is 42.5 Å². The smallest absolute Gasteiger partial charge is 0.271 e. The first-order chi connectivity index (χ1) is 13.9. The molecule has 8 heteroatoms. The molecule has 0 bridgehead atoms. The van der Waals surface area contributed by atoms with Crippen molar-refractivity contribution < 1.29 is 9.53 Å². The minimum atomic E-state index is -0.367. The minimum absolute atomic E-state index is 0.279. The van der Waals surface area contributed by atoms with Crippen LogP contribution in [0.25, 0.3) is 0 Å². The van der Waals surface area contributed by atoms with E-state index in [9.17, 15) is 4.79 Å². The molecule has 0 saturated carbocycles. The van der Waals surface area contributed by atoms with Gasteiger partial charge in [-0.05, 0) is 57.9 Å². The van der Waals surface area contributed by atoms with Crippen molar-refractivity contribution in [1.82, 2.24) is 5.43 Å². The molecule has 1 amide bonds. The van der Waals surface area contributed by atoms with Gasteiger partial charge in [-0.2, -0.15) is 5.10 Å². The molecule has 4 nitrogen and oxygen atoms in total. The molecule has 29 heavy (non-hydrogen) atoms. The molecule has 0 aliphatic heterocycles. The predicted molar refractivity (Wildman–Crippen MR) is 121 cm³/mol. The number of nitrogens with zero attached hydrogens (tertiary/aromatic N) is 1. The molecule has 3 rings (SSSR count). The number of amides is 1. The van der Waals surface area contributed by atoms with Gasteiger partial charge in [-0.3, -0.25) is 4.79 Å². The van der Waals surface area contributed by atoms with Crippen LogP contribution in [0.15, 0.2) is 70.2 Å². The van der Waals surface area contributed by atoms with E-state index >= 15 is 0 Å². The number of hydrogen-bond acceptors (Lipinski definition) is 3. The highest BCUT2D eigenvalue weighted by molar-refractivity contribution is 9.10. The van der Waals surface area contributed by atoms with Crippen molar-refractivity contribution >= 4 is 62.9 Å². The molecule has 0 aromatic heterocycles. The Morgan fingerprint density at radius 2 is 1.83 bits per heavy atom. The number of nitrogens with one attached hydrogen (secondary N) is 1. The van der Waals surface area contributed by atoms with Gasteiger partial charge in [-0.1, -0.05) is 59.1 Å². The second-order valence-corrected chi connectivity index (χ2v) is 8.01. The Bertz CT molecular complexity index is 1050. The lowest BCUT2D eigenvalue weighted by molar-refractivity contribution is 0.0955. The van der Waals surface area contributed by atoms with Gasteiger partial charge in [0, 0.05) is 21.2 Å². The third-order valence-corrected chi connectivity index (χ3v) is 5.29. The zero-order valence-corrected chi connectivity index (χ0v) is 18.7. The van der Waals surface area contributed by atoms with Crippen LogP contribution in [0.5, 0.6) is 5.75 Å². The summed E-state index contributed by atoms with van der Waals surface area (Å²) in [5.41, 5.74) is 4.39. The number of hydrazone groups is 1. The van der Waals surface area contributed by atoms with E-state index in [0.29, 0.717) is 36.4 Å². The molecule has 0 radical (unpaired) electrons. The van der Waals surface area contributed by atoms with E-state index in [-0.39, 0.29) is 12.5 Å². The molecule has 3 aromatic carbocycles. The lowest BCUT2D eigenvalue weighted by atomic mass is 10.2. The fourth-order valence-corrected chi connectivity index (χ4v) is 3.79. The summed E-state index contributed by atoms with van der Waals surface area (Å²) >= 11 is 21.8. The molecule has 0 aliphatic carbocycles. The fraction of sp³-hybridized carbons (Fsp3) is 0.0476. The number of carbonyl (C=O) groups excluding carboxylic acids is 1. The highest BCUT2D eigenvalue weighted by Crippen LogP contribution is 2.35. The summed E-state index contributed by atoms with van der Waals surface area (Å²) in [5, 5.41) is 5.46. The van der Waals surface area contributed by atoms with E-state index in [1.165, 1.54) is 6.21 Å². The second-order valence-electron chi connectivity index (χ2n) is 5.90. The minimum Gasteiger partial charge on any atom is -0.486 e. The van der Waals surface area contributed by atoms with Crippen LogP contribution in [-0.2, 0) is 6.61 Å². The van der Waals surface area contributed by atoms with Crippen LogP contribution >= 0.6 is 50.7 Å². The summed E-state index contributed by atoms with van der Waals surface area (Å²) in [4.78, 5) is 12.1. The maximum atomic E-state index is 12.1. The largest absolute Gasteiger partial charge is 0.486 e. The third kappa shape index (κ3) is 5.97. The van der Waals surface area contributed by atoms with E-state index in [1.807, 2.05) is 18.2 Å². The molecule has 148 valence electrons. The molecule has 0 spiro atoms. The lowest BCUT2D eigenvalue weighted by Crippen LogP contribution is -2.17. The number of hydrogen-bond donors (Lipinski definition) is 1. The van der Waals surface area contributed by atoms with Gasteiger partial charge in [0.2, 0.25) is 0 Å². The highest BCUT2D eigenvalue weighted by Gasteiger charge is 2.10. The molecule has 0 fully saturated rings. The first kappa shape index (κ1) is 21.7. The third-order valence-electron chi connectivity index (χ3n) is 3.82. The Kier molecular flexibility index (Phi) is 7.56. The first-order valence-electron chi connectivity index (χ1n) is 8.38. The van der Waals surface area contributed by atoms with E-state index in [2.05, 4.69) is 26.5 Å². The van der Waals surface area contributed by atoms with Gasteiger partial charge in [0.15, 0.2) is 5.75 Å². The standard InChI is InChI=1S/C21H14BrCl3N2O2/c22-17-8-13(11-26-27-21(28)14-5-3-6-16(23)10-14)9-19(25)20(17)29-12-15-4-1-2-7-18(15)24/h1-11H,12H2,(H,27,28)/b26-11-. The summed E-state index contributed by atoms with van der Waals surface area (Å²) < 4.78 is 6.46. The Morgan fingerprint density at radius 3 is 2.55 bits per heavy atom. The summed E-state index contributed by atoms with van der Waals surface area (Å²) in [5.74, 6) is 0.125. The van der Waals surface area contributed by atoms with Crippen LogP contribution in [0, 0.1) is 0 Å². The molecule has 0 unspecified atom stereocenters. The van der Waals surface area contributed by atoms with Gasteiger partial charge in [0.1, 0.15) is 6.61 Å². The average Bonchev–Trinajstić information content (AvgIpc) is 2.68. The van der Waals surface area contributed by atoms with Crippen molar-refractivity contribution in [2.24, 2.45) is 5.10 Å². The maximum absolute atomic E-state index is 12.1. The molecule has 3 aromatic rings.